The Balaban J connectivity index is 0.00000288. The summed E-state index contributed by atoms with van der Waals surface area (Å²) in [5, 5.41) is 3.34. The highest BCUT2D eigenvalue weighted by Gasteiger charge is 2.31. The third kappa shape index (κ3) is 6.87. The number of alkyl halides is 3. The van der Waals surface area contributed by atoms with Gasteiger partial charge in [0, 0.05) is 32.2 Å². The highest BCUT2D eigenvalue weighted by atomic mass is 35.5. The number of benzene rings is 1. The lowest BCUT2D eigenvalue weighted by molar-refractivity contribution is -0.274. The molecular formula is C17H26ClF3N2O. The second kappa shape index (κ2) is 10.1. The molecule has 1 aliphatic rings. The number of unbranched alkanes of at least 4 members (excludes halogenated alkanes) is 2. The monoisotopic (exact) mass is 366 g/mol. The molecule has 7 heteroatoms. The fourth-order valence-corrected chi connectivity index (χ4v) is 3.03. The molecule has 0 aromatic heterocycles. The Morgan fingerprint density at radius 2 is 1.75 bits per heavy atom. The lowest BCUT2D eigenvalue weighted by Gasteiger charge is -2.35. The van der Waals surface area contributed by atoms with E-state index >= 15 is 0 Å². The smallest absolute Gasteiger partial charge is 0.406 e. The van der Waals surface area contributed by atoms with Crippen molar-refractivity contribution in [3.8, 4) is 5.75 Å². The average Bonchev–Trinajstić information content (AvgIpc) is 2.52. The average molecular weight is 367 g/mol. The quantitative estimate of drug-likeness (QED) is 0.717. The van der Waals surface area contributed by atoms with Crippen molar-refractivity contribution in [2.24, 2.45) is 0 Å². The first-order valence-electron chi connectivity index (χ1n) is 8.30. The van der Waals surface area contributed by atoms with Gasteiger partial charge >= 0.3 is 6.36 Å². The van der Waals surface area contributed by atoms with E-state index in [1.807, 2.05) is 0 Å². The molecule has 24 heavy (non-hydrogen) atoms. The number of ether oxygens (including phenoxy) is 1. The first-order valence-corrected chi connectivity index (χ1v) is 8.30. The number of nitrogens with one attached hydrogen (secondary N) is 1. The summed E-state index contributed by atoms with van der Waals surface area (Å²) in [4.78, 5) is 2.42. The fourth-order valence-electron chi connectivity index (χ4n) is 3.03. The number of hydrogen-bond acceptors (Lipinski definition) is 3. The van der Waals surface area contributed by atoms with Crippen molar-refractivity contribution in [1.29, 1.82) is 0 Å². The van der Waals surface area contributed by atoms with Gasteiger partial charge in [-0.15, -0.1) is 25.6 Å². The zero-order valence-electron chi connectivity index (χ0n) is 13.9. The Morgan fingerprint density at radius 3 is 2.29 bits per heavy atom. The highest BCUT2D eigenvalue weighted by molar-refractivity contribution is 5.85. The van der Waals surface area contributed by atoms with E-state index in [0.29, 0.717) is 0 Å². The van der Waals surface area contributed by atoms with Crippen molar-refractivity contribution in [2.75, 3.05) is 26.2 Å². The molecule has 1 aromatic carbocycles. The van der Waals surface area contributed by atoms with Gasteiger partial charge in [-0.2, -0.15) is 0 Å². The van der Waals surface area contributed by atoms with Crippen LogP contribution in [0.1, 0.15) is 44.2 Å². The molecule has 1 aromatic rings. The molecule has 0 amide bonds. The van der Waals surface area contributed by atoms with Gasteiger partial charge in [0.15, 0.2) is 0 Å². The van der Waals surface area contributed by atoms with Crippen LogP contribution in [-0.2, 0) is 0 Å². The van der Waals surface area contributed by atoms with Gasteiger partial charge in [0.1, 0.15) is 5.75 Å². The van der Waals surface area contributed by atoms with Crippen molar-refractivity contribution in [3.63, 3.8) is 0 Å². The van der Waals surface area contributed by atoms with E-state index in [-0.39, 0.29) is 24.2 Å². The molecule has 0 radical (unpaired) electrons. The summed E-state index contributed by atoms with van der Waals surface area (Å²) in [5.74, 6) is -0.158. The van der Waals surface area contributed by atoms with Crippen LogP contribution >= 0.6 is 12.4 Å². The van der Waals surface area contributed by atoms with Crippen LogP contribution in [0.4, 0.5) is 13.2 Å². The van der Waals surface area contributed by atoms with Gasteiger partial charge in [-0.1, -0.05) is 38.3 Å². The third-order valence-electron chi connectivity index (χ3n) is 4.17. The normalized spacial score (nSPS) is 17.2. The Hall–Kier alpha value is -0.980. The van der Waals surface area contributed by atoms with Crippen LogP contribution in [0, 0.1) is 0 Å². The number of hydrogen-bond donors (Lipinski definition) is 1. The van der Waals surface area contributed by atoms with E-state index < -0.39 is 6.36 Å². The lowest BCUT2D eigenvalue weighted by Crippen LogP contribution is -2.45. The molecule has 1 atom stereocenters. The second-order valence-electron chi connectivity index (χ2n) is 5.91. The van der Waals surface area contributed by atoms with E-state index in [2.05, 4.69) is 21.9 Å². The maximum absolute atomic E-state index is 12.3. The van der Waals surface area contributed by atoms with Crippen LogP contribution in [0.25, 0.3) is 0 Å². The SMILES string of the molecule is CCCCC[C@@H](c1ccc(OC(F)(F)F)cc1)N1CCNCC1.Cl. The van der Waals surface area contributed by atoms with E-state index in [9.17, 15) is 13.2 Å². The topological polar surface area (TPSA) is 24.5 Å². The van der Waals surface area contributed by atoms with Crippen LogP contribution in [0.15, 0.2) is 24.3 Å². The summed E-state index contributed by atoms with van der Waals surface area (Å²) >= 11 is 0. The summed E-state index contributed by atoms with van der Waals surface area (Å²) in [6.07, 6.45) is -0.135. The summed E-state index contributed by atoms with van der Waals surface area (Å²) in [6.45, 7) is 6.03. The minimum absolute atomic E-state index is 0. The van der Waals surface area contributed by atoms with Gasteiger partial charge in [-0.25, -0.2) is 0 Å². The molecule has 1 heterocycles. The summed E-state index contributed by atoms with van der Waals surface area (Å²) in [5.41, 5.74) is 1.07. The van der Waals surface area contributed by atoms with Crippen molar-refractivity contribution >= 4 is 12.4 Å². The Kier molecular flexibility index (Phi) is 8.87. The molecule has 1 aliphatic heterocycles. The molecule has 0 unspecified atom stereocenters. The predicted octanol–water partition coefficient (Wildman–Crippen LogP) is 4.53. The maximum atomic E-state index is 12.3. The Morgan fingerprint density at radius 1 is 1.12 bits per heavy atom. The van der Waals surface area contributed by atoms with E-state index in [0.717, 1.165) is 51.0 Å². The van der Waals surface area contributed by atoms with Gasteiger partial charge in [-0.3, -0.25) is 4.90 Å². The predicted molar refractivity (Wildman–Crippen MR) is 91.7 cm³/mol. The Bertz CT molecular complexity index is 462. The molecule has 138 valence electrons. The largest absolute Gasteiger partial charge is 0.573 e. The molecule has 0 aliphatic carbocycles. The summed E-state index contributed by atoms with van der Waals surface area (Å²) in [7, 11) is 0. The van der Waals surface area contributed by atoms with Gasteiger partial charge < -0.3 is 10.1 Å². The minimum atomic E-state index is -4.64. The molecule has 1 N–H and O–H groups in total. The van der Waals surface area contributed by atoms with Gasteiger partial charge in [0.05, 0.1) is 0 Å². The zero-order chi connectivity index (χ0) is 16.7. The van der Waals surface area contributed by atoms with Crippen LogP contribution in [0.5, 0.6) is 5.75 Å². The first kappa shape index (κ1) is 21.1. The highest BCUT2D eigenvalue weighted by Crippen LogP contribution is 2.30. The van der Waals surface area contributed by atoms with Crippen LogP contribution in [0.3, 0.4) is 0 Å². The van der Waals surface area contributed by atoms with E-state index in [1.165, 1.54) is 18.6 Å². The van der Waals surface area contributed by atoms with Crippen molar-refractivity contribution in [3.05, 3.63) is 29.8 Å². The molecular weight excluding hydrogens is 341 g/mol. The number of halogens is 4. The van der Waals surface area contributed by atoms with Crippen LogP contribution in [-0.4, -0.2) is 37.4 Å². The molecule has 2 rings (SSSR count). The van der Waals surface area contributed by atoms with Crippen LogP contribution < -0.4 is 10.1 Å². The second-order valence-corrected chi connectivity index (χ2v) is 5.91. The van der Waals surface area contributed by atoms with Crippen molar-refractivity contribution in [1.82, 2.24) is 10.2 Å². The molecule has 0 bridgehead atoms. The van der Waals surface area contributed by atoms with Gasteiger partial charge in [0.2, 0.25) is 0 Å². The van der Waals surface area contributed by atoms with Gasteiger partial charge in [-0.05, 0) is 24.1 Å². The summed E-state index contributed by atoms with van der Waals surface area (Å²) in [6, 6.07) is 6.62. The molecule has 3 nitrogen and oxygen atoms in total. The molecule has 1 saturated heterocycles. The number of rotatable bonds is 7. The van der Waals surface area contributed by atoms with E-state index in [1.54, 1.807) is 12.1 Å². The standard InChI is InChI=1S/C17H25F3N2O.ClH/c1-2-3-4-5-16(22-12-10-21-11-13-22)14-6-8-15(9-7-14)23-17(18,19)20;/h6-9,16,21H,2-5,10-13H2,1H3;1H/t16-;/m0./s1. The van der Waals surface area contributed by atoms with Gasteiger partial charge in [0.25, 0.3) is 0 Å². The first-order chi connectivity index (χ1) is 11.0. The molecule has 0 saturated carbocycles. The summed E-state index contributed by atoms with van der Waals surface area (Å²) < 4.78 is 40.7. The maximum Gasteiger partial charge on any atom is 0.573 e. The molecule has 1 fully saturated rings. The van der Waals surface area contributed by atoms with E-state index in [4.69, 9.17) is 0 Å². The Labute approximate surface area is 148 Å². The minimum Gasteiger partial charge on any atom is -0.406 e. The lowest BCUT2D eigenvalue weighted by atomic mass is 9.98. The van der Waals surface area contributed by atoms with Crippen LogP contribution in [0.2, 0.25) is 0 Å². The number of nitrogens with zero attached hydrogens (tertiary/aromatic N) is 1. The zero-order valence-corrected chi connectivity index (χ0v) is 14.8. The van der Waals surface area contributed by atoms with Crippen molar-refractivity contribution < 1.29 is 17.9 Å². The molecule has 0 spiro atoms. The third-order valence-corrected chi connectivity index (χ3v) is 4.17. The van der Waals surface area contributed by atoms with Crippen molar-refractivity contribution in [2.45, 2.75) is 45.0 Å². The number of piperazine rings is 1. The fraction of sp³-hybridized carbons (Fsp3) is 0.647.